The van der Waals surface area contributed by atoms with E-state index < -0.39 is 11.9 Å². The Bertz CT molecular complexity index is 570. The van der Waals surface area contributed by atoms with Crippen LogP contribution in [-0.4, -0.2) is 15.1 Å². The van der Waals surface area contributed by atoms with Gasteiger partial charge in [0.25, 0.3) is 0 Å². The summed E-state index contributed by atoms with van der Waals surface area (Å²) in [4.78, 5) is 7.54. The molecule has 0 spiro atoms. The van der Waals surface area contributed by atoms with Crippen LogP contribution in [0.15, 0.2) is 22.0 Å². The Morgan fingerprint density at radius 2 is 2.00 bits per heavy atom. The Morgan fingerprint density at radius 1 is 1.28 bits per heavy atom. The van der Waals surface area contributed by atoms with Crippen molar-refractivity contribution in [2.45, 2.75) is 12.8 Å². The number of hydrogen-bond acceptors (Lipinski definition) is 4. The molecule has 0 aromatic carbocycles. The number of aromatic nitrogens is 2. The summed E-state index contributed by atoms with van der Waals surface area (Å²) in [6.45, 7) is -0.282. The SMILES string of the molecule is OCc1nc(-c2cccc(C(F)(F)F)n2)sc1Br. The van der Waals surface area contributed by atoms with E-state index in [-0.39, 0.29) is 12.3 Å². The van der Waals surface area contributed by atoms with E-state index in [2.05, 4.69) is 25.9 Å². The van der Waals surface area contributed by atoms with Gasteiger partial charge < -0.3 is 5.11 Å². The van der Waals surface area contributed by atoms with Crippen LogP contribution in [0.1, 0.15) is 11.4 Å². The molecule has 0 saturated carbocycles. The minimum Gasteiger partial charge on any atom is -0.390 e. The third-order valence-electron chi connectivity index (χ3n) is 2.06. The molecule has 0 amide bonds. The van der Waals surface area contributed by atoms with Crippen molar-refractivity contribution < 1.29 is 18.3 Å². The predicted molar refractivity (Wildman–Crippen MR) is 64.0 cm³/mol. The molecule has 0 aliphatic rings. The number of pyridine rings is 1. The third kappa shape index (κ3) is 2.70. The summed E-state index contributed by atoms with van der Waals surface area (Å²) in [5.74, 6) is 0. The molecule has 0 saturated heterocycles. The van der Waals surface area contributed by atoms with Crippen molar-refractivity contribution in [3.8, 4) is 10.7 Å². The van der Waals surface area contributed by atoms with E-state index in [1.165, 1.54) is 12.1 Å². The number of aliphatic hydroxyl groups is 1. The van der Waals surface area contributed by atoms with Gasteiger partial charge in [-0.25, -0.2) is 9.97 Å². The van der Waals surface area contributed by atoms with Crippen molar-refractivity contribution in [2.24, 2.45) is 0 Å². The Labute approximate surface area is 112 Å². The van der Waals surface area contributed by atoms with Gasteiger partial charge in [-0.1, -0.05) is 6.07 Å². The van der Waals surface area contributed by atoms with Gasteiger partial charge in [0.15, 0.2) is 0 Å². The molecular formula is C10H6BrF3N2OS. The first-order valence-corrected chi connectivity index (χ1v) is 6.33. The molecule has 96 valence electrons. The van der Waals surface area contributed by atoms with E-state index >= 15 is 0 Å². The predicted octanol–water partition coefficient (Wildman–Crippen LogP) is 3.48. The molecule has 18 heavy (non-hydrogen) atoms. The largest absolute Gasteiger partial charge is 0.433 e. The number of halogens is 4. The molecule has 2 aromatic rings. The van der Waals surface area contributed by atoms with Crippen molar-refractivity contribution in [2.75, 3.05) is 0 Å². The van der Waals surface area contributed by atoms with E-state index in [0.29, 0.717) is 14.5 Å². The van der Waals surface area contributed by atoms with Gasteiger partial charge >= 0.3 is 6.18 Å². The molecule has 8 heteroatoms. The molecule has 1 N–H and O–H groups in total. The number of hydrogen-bond donors (Lipinski definition) is 1. The fourth-order valence-corrected chi connectivity index (χ4v) is 2.70. The quantitative estimate of drug-likeness (QED) is 0.911. The van der Waals surface area contributed by atoms with E-state index in [1.807, 2.05) is 0 Å². The van der Waals surface area contributed by atoms with Gasteiger partial charge in [-0.3, -0.25) is 0 Å². The van der Waals surface area contributed by atoms with Crippen LogP contribution in [-0.2, 0) is 12.8 Å². The Kier molecular flexibility index (Phi) is 3.69. The summed E-state index contributed by atoms with van der Waals surface area (Å²) < 4.78 is 38.1. The van der Waals surface area contributed by atoms with Gasteiger partial charge in [-0.2, -0.15) is 13.2 Å². The Hall–Kier alpha value is -0.990. The summed E-state index contributed by atoms with van der Waals surface area (Å²) >= 11 is 4.31. The van der Waals surface area contributed by atoms with Crippen molar-refractivity contribution in [3.05, 3.63) is 33.4 Å². The first kappa shape index (κ1) is 13.4. The van der Waals surface area contributed by atoms with Crippen LogP contribution in [0, 0.1) is 0 Å². The molecular weight excluding hydrogens is 333 g/mol. The Morgan fingerprint density at radius 3 is 2.56 bits per heavy atom. The zero-order chi connectivity index (χ0) is 13.3. The number of thiazole rings is 1. The molecule has 2 rings (SSSR count). The minimum atomic E-state index is -4.48. The summed E-state index contributed by atoms with van der Waals surface area (Å²) in [6, 6.07) is 3.62. The Balaban J connectivity index is 2.44. The zero-order valence-corrected chi connectivity index (χ0v) is 11.1. The maximum absolute atomic E-state index is 12.5. The van der Waals surface area contributed by atoms with E-state index in [9.17, 15) is 13.2 Å². The lowest BCUT2D eigenvalue weighted by molar-refractivity contribution is -0.141. The lowest BCUT2D eigenvalue weighted by Crippen LogP contribution is -2.07. The van der Waals surface area contributed by atoms with Crippen LogP contribution in [0.2, 0.25) is 0 Å². The summed E-state index contributed by atoms with van der Waals surface area (Å²) in [7, 11) is 0. The highest BCUT2D eigenvalue weighted by Crippen LogP contribution is 2.33. The van der Waals surface area contributed by atoms with Crippen LogP contribution in [0.3, 0.4) is 0 Å². The smallest absolute Gasteiger partial charge is 0.390 e. The van der Waals surface area contributed by atoms with Gasteiger partial charge in [0.05, 0.1) is 21.8 Å². The van der Waals surface area contributed by atoms with Gasteiger partial charge in [0.1, 0.15) is 10.7 Å². The second-order valence-electron chi connectivity index (χ2n) is 3.30. The van der Waals surface area contributed by atoms with E-state index in [4.69, 9.17) is 5.11 Å². The molecule has 0 aliphatic carbocycles. The first-order valence-electron chi connectivity index (χ1n) is 4.72. The van der Waals surface area contributed by atoms with Crippen molar-refractivity contribution >= 4 is 27.3 Å². The van der Waals surface area contributed by atoms with Gasteiger partial charge in [0.2, 0.25) is 0 Å². The fourth-order valence-electron chi connectivity index (χ4n) is 1.25. The molecule has 0 atom stereocenters. The number of alkyl halides is 3. The van der Waals surface area contributed by atoms with Crippen molar-refractivity contribution in [1.29, 1.82) is 0 Å². The summed E-state index contributed by atoms with van der Waals surface area (Å²) in [5.41, 5.74) is -0.443. The normalized spacial score (nSPS) is 11.8. The second kappa shape index (κ2) is 4.94. The third-order valence-corrected chi connectivity index (χ3v) is 3.91. The van der Waals surface area contributed by atoms with Crippen LogP contribution in [0.4, 0.5) is 13.2 Å². The van der Waals surface area contributed by atoms with Crippen LogP contribution in [0.5, 0.6) is 0 Å². The van der Waals surface area contributed by atoms with Gasteiger partial charge in [-0.15, -0.1) is 11.3 Å². The fraction of sp³-hybridized carbons (Fsp3) is 0.200. The zero-order valence-electron chi connectivity index (χ0n) is 8.70. The lowest BCUT2D eigenvalue weighted by Gasteiger charge is -2.05. The highest BCUT2D eigenvalue weighted by Gasteiger charge is 2.32. The lowest BCUT2D eigenvalue weighted by atomic mass is 10.3. The number of aliphatic hydroxyl groups excluding tert-OH is 1. The highest BCUT2D eigenvalue weighted by molar-refractivity contribution is 9.11. The summed E-state index contributed by atoms with van der Waals surface area (Å²) in [5, 5.41) is 9.31. The minimum absolute atomic E-state index is 0.134. The molecule has 0 aliphatic heterocycles. The summed E-state index contributed by atoms with van der Waals surface area (Å²) in [6.07, 6.45) is -4.48. The molecule has 0 bridgehead atoms. The topological polar surface area (TPSA) is 46.0 Å². The molecule has 2 heterocycles. The highest BCUT2D eigenvalue weighted by atomic mass is 79.9. The monoisotopic (exact) mass is 338 g/mol. The standard InChI is InChI=1S/C10H6BrF3N2OS/c11-8-6(4-17)16-9(18-8)5-2-1-3-7(15-5)10(12,13)14/h1-3,17H,4H2. The first-order chi connectivity index (χ1) is 8.41. The average molecular weight is 339 g/mol. The van der Waals surface area contributed by atoms with Crippen molar-refractivity contribution in [1.82, 2.24) is 9.97 Å². The molecule has 0 fully saturated rings. The van der Waals surface area contributed by atoms with Gasteiger partial charge in [0, 0.05) is 0 Å². The maximum Gasteiger partial charge on any atom is 0.433 e. The molecule has 0 unspecified atom stereocenters. The second-order valence-corrected chi connectivity index (χ2v) is 5.62. The van der Waals surface area contributed by atoms with Gasteiger partial charge in [-0.05, 0) is 28.1 Å². The van der Waals surface area contributed by atoms with Crippen LogP contribution < -0.4 is 0 Å². The molecule has 3 nitrogen and oxygen atoms in total. The number of nitrogens with zero attached hydrogens (tertiary/aromatic N) is 2. The molecule has 0 radical (unpaired) electrons. The van der Waals surface area contributed by atoms with Crippen molar-refractivity contribution in [3.63, 3.8) is 0 Å². The maximum atomic E-state index is 12.5. The van der Waals surface area contributed by atoms with E-state index in [1.54, 1.807) is 0 Å². The molecule has 2 aromatic heterocycles. The number of rotatable bonds is 2. The van der Waals surface area contributed by atoms with E-state index in [0.717, 1.165) is 17.4 Å². The average Bonchev–Trinajstić information content (AvgIpc) is 2.70. The van der Waals surface area contributed by atoms with Crippen LogP contribution >= 0.6 is 27.3 Å². The van der Waals surface area contributed by atoms with Crippen LogP contribution in [0.25, 0.3) is 10.7 Å².